The number of amides is 5. The zero-order valence-electron chi connectivity index (χ0n) is 41.5. The van der Waals surface area contributed by atoms with Crippen LogP contribution in [0, 0.1) is 11.3 Å². The number of hydrogen-bond donors (Lipinski definition) is 4. The van der Waals surface area contributed by atoms with Crippen LogP contribution in [0.2, 0.25) is 0 Å². The number of ether oxygens (including phenoxy) is 2. The lowest BCUT2D eigenvalue weighted by molar-refractivity contribution is -0.155. The fourth-order valence-electron chi connectivity index (χ4n) is 10.5. The Morgan fingerprint density at radius 3 is 2.52 bits per heavy atom. The molecule has 2 aromatic carbocycles. The molecule has 8 rings (SSSR count). The second kappa shape index (κ2) is 20.1. The number of urea groups is 1. The molecule has 3 saturated heterocycles. The third kappa shape index (κ3) is 10.3. The molecule has 0 unspecified atom stereocenters. The van der Waals surface area contributed by atoms with Gasteiger partial charge in [0.15, 0.2) is 0 Å². The molecule has 4 aliphatic heterocycles. The zero-order chi connectivity index (χ0) is 49.5. The first-order valence-electron chi connectivity index (χ1n) is 24.4. The summed E-state index contributed by atoms with van der Waals surface area (Å²) >= 11 is 0. The average molecular weight is 948 g/mol. The monoisotopic (exact) mass is 948 g/mol. The number of carbonyl (C=O) groups is 5. The molecule has 0 spiro atoms. The van der Waals surface area contributed by atoms with Crippen LogP contribution in [0.5, 0.6) is 5.75 Å². The summed E-state index contributed by atoms with van der Waals surface area (Å²) < 4.78 is 14.2. The van der Waals surface area contributed by atoms with Gasteiger partial charge in [0.25, 0.3) is 5.91 Å². The molecule has 0 saturated carbocycles. The van der Waals surface area contributed by atoms with Gasteiger partial charge in [0.05, 0.1) is 36.2 Å². The van der Waals surface area contributed by atoms with Crippen molar-refractivity contribution in [3.8, 4) is 28.1 Å². The number of nitrogens with one attached hydrogen (secondary N) is 3. The highest BCUT2D eigenvalue weighted by molar-refractivity contribution is 5.96. The molecule has 4 N–H and O–H groups in total. The SMILES string of the molecule is CCn1c(-c2cccnc2[C@H](C)OC)c2c3cc(ccc31)-c1cc(O)cc(c1)C[C@H](NC(=O)[C@H](C(C)C)N(C)C(=O)N1CC[C@@H](N(C)C(=O)[C@H]3CN3)C1)C(=O)N1CCC[C@H](N1)C(=O)OCC(C)(C)C2. The number of hydrazine groups is 1. The highest BCUT2D eigenvalue weighted by Crippen LogP contribution is 2.42. The number of fused-ring (bicyclic) bond motifs is 6. The minimum absolute atomic E-state index is 0.00484. The van der Waals surface area contributed by atoms with Gasteiger partial charge in [0, 0.05) is 88.4 Å². The predicted molar refractivity (Wildman–Crippen MR) is 262 cm³/mol. The van der Waals surface area contributed by atoms with E-state index in [4.69, 9.17) is 14.5 Å². The van der Waals surface area contributed by atoms with Gasteiger partial charge in [-0.3, -0.25) is 29.2 Å². The van der Waals surface area contributed by atoms with Crippen molar-refractivity contribution in [1.29, 1.82) is 0 Å². The van der Waals surface area contributed by atoms with Crippen LogP contribution in [0.15, 0.2) is 54.7 Å². The minimum Gasteiger partial charge on any atom is -0.508 e. The first kappa shape index (κ1) is 49.4. The number of methoxy groups -OCH3 is 1. The number of aromatic hydroxyl groups is 1. The van der Waals surface area contributed by atoms with Crippen LogP contribution in [0.3, 0.4) is 0 Å². The van der Waals surface area contributed by atoms with E-state index in [0.29, 0.717) is 57.4 Å². The molecule has 69 heavy (non-hydrogen) atoms. The van der Waals surface area contributed by atoms with Crippen LogP contribution >= 0.6 is 0 Å². The largest absolute Gasteiger partial charge is 0.508 e. The normalized spacial score (nSPS) is 22.5. The van der Waals surface area contributed by atoms with Crippen LogP contribution in [-0.4, -0.2) is 148 Å². The molecule has 17 nitrogen and oxygen atoms in total. The van der Waals surface area contributed by atoms with Gasteiger partial charge in [-0.05, 0) is 104 Å². The van der Waals surface area contributed by atoms with Gasteiger partial charge in [-0.1, -0.05) is 39.8 Å². The number of rotatable bonds is 10. The molecule has 17 heteroatoms. The van der Waals surface area contributed by atoms with Crippen molar-refractivity contribution in [1.82, 2.24) is 45.3 Å². The summed E-state index contributed by atoms with van der Waals surface area (Å²) in [6, 6.07) is 11.9. The average Bonchev–Trinajstić information content (AvgIpc) is 3.99. The molecular formula is C52H69N9O8. The van der Waals surface area contributed by atoms with Crippen LogP contribution < -0.4 is 16.1 Å². The first-order valence-corrected chi connectivity index (χ1v) is 24.4. The predicted octanol–water partition coefficient (Wildman–Crippen LogP) is 5.03. The standard InChI is InChI=1S/C52H69N9O8/c1-10-60-43-16-15-33-25-38(43)39(46(60)37-13-11-18-53-44(37)31(4)68-9)26-52(5,6)29-69-50(66)40-14-12-19-61(56-40)49(65)41(23-32-21-34(33)24-36(62)22-32)55-47(63)45(30(2)3)58(8)51(67)59-20-17-35(28-59)57(7)48(64)42-27-54-42/h11,13,15-16,18,21-22,24-25,30-31,35,40-42,45,54,56,62H,10,12,14,17,19-20,23,26-29H2,1-9H3,(H,55,63)/t31-,35+,40-,41-,42+,45-/m0/s1. The summed E-state index contributed by atoms with van der Waals surface area (Å²) in [7, 11) is 5.03. The Labute approximate surface area is 404 Å². The molecule has 6 bridgehead atoms. The molecule has 370 valence electrons. The number of carbonyl (C=O) groups excluding carboxylic acids is 5. The number of aryl methyl sites for hydroxylation is 1. The van der Waals surface area contributed by atoms with Crippen molar-refractivity contribution >= 4 is 40.6 Å². The number of esters is 1. The Kier molecular flexibility index (Phi) is 14.4. The van der Waals surface area contributed by atoms with Crippen LogP contribution in [-0.2, 0) is 48.0 Å². The van der Waals surface area contributed by atoms with E-state index in [1.54, 1.807) is 49.3 Å². The number of aromatic nitrogens is 2. The number of pyridine rings is 1. The number of benzene rings is 2. The summed E-state index contributed by atoms with van der Waals surface area (Å²) in [4.78, 5) is 79.9. The van der Waals surface area contributed by atoms with Gasteiger partial charge >= 0.3 is 12.0 Å². The van der Waals surface area contributed by atoms with Gasteiger partial charge < -0.3 is 44.5 Å². The van der Waals surface area contributed by atoms with Crippen molar-refractivity contribution in [2.24, 2.45) is 11.3 Å². The summed E-state index contributed by atoms with van der Waals surface area (Å²) in [6.07, 6.45) is 3.59. The van der Waals surface area contributed by atoms with Crippen molar-refractivity contribution in [2.75, 3.05) is 54.0 Å². The smallest absolute Gasteiger partial charge is 0.324 e. The highest BCUT2D eigenvalue weighted by atomic mass is 16.5. The van der Waals surface area contributed by atoms with Crippen molar-refractivity contribution in [3.63, 3.8) is 0 Å². The molecule has 6 atom stereocenters. The number of phenolic OH excluding ortho intramolecular Hbond substituents is 1. The molecule has 4 aromatic rings. The van der Waals surface area contributed by atoms with Gasteiger partial charge in [0.2, 0.25) is 11.8 Å². The Morgan fingerprint density at radius 1 is 1.04 bits per heavy atom. The van der Waals surface area contributed by atoms with E-state index in [1.807, 2.05) is 39.0 Å². The lowest BCUT2D eigenvalue weighted by atomic mass is 9.84. The second-order valence-corrected chi connectivity index (χ2v) is 20.4. The van der Waals surface area contributed by atoms with E-state index < -0.39 is 41.3 Å². The van der Waals surface area contributed by atoms with Crippen molar-refractivity contribution in [2.45, 2.75) is 117 Å². The number of likely N-dealkylation sites (N-methyl/N-ethyl adjacent to an activating group) is 2. The number of cyclic esters (lactones) is 1. The van der Waals surface area contributed by atoms with E-state index in [1.165, 1.54) is 9.91 Å². The first-order chi connectivity index (χ1) is 32.9. The van der Waals surface area contributed by atoms with E-state index in [-0.39, 0.29) is 61.4 Å². The molecule has 4 aliphatic rings. The highest BCUT2D eigenvalue weighted by Gasteiger charge is 2.41. The lowest BCUT2D eigenvalue weighted by Gasteiger charge is -2.37. The summed E-state index contributed by atoms with van der Waals surface area (Å²) in [5.41, 5.74) is 9.56. The molecule has 3 fully saturated rings. The fraction of sp³-hybridized carbons (Fsp3) is 0.538. The topological polar surface area (TPSA) is 201 Å². The summed E-state index contributed by atoms with van der Waals surface area (Å²) in [5, 5.41) is 19.8. The maximum atomic E-state index is 14.8. The minimum atomic E-state index is -1.16. The Bertz CT molecular complexity index is 2610. The van der Waals surface area contributed by atoms with E-state index >= 15 is 0 Å². The number of phenols is 1. The Balaban J connectivity index is 1.16. The van der Waals surface area contributed by atoms with Crippen molar-refractivity contribution in [3.05, 3.63) is 71.5 Å². The summed E-state index contributed by atoms with van der Waals surface area (Å²) in [6.45, 7) is 14.4. The van der Waals surface area contributed by atoms with E-state index in [9.17, 15) is 29.1 Å². The molecule has 2 aromatic heterocycles. The maximum absolute atomic E-state index is 14.8. The molecule has 5 amide bonds. The van der Waals surface area contributed by atoms with Crippen LogP contribution in [0.1, 0.15) is 83.7 Å². The molecule has 0 radical (unpaired) electrons. The second-order valence-electron chi connectivity index (χ2n) is 20.4. The molecular weight excluding hydrogens is 879 g/mol. The number of hydrogen-bond acceptors (Lipinski definition) is 11. The van der Waals surface area contributed by atoms with Crippen LogP contribution in [0.25, 0.3) is 33.3 Å². The van der Waals surface area contributed by atoms with E-state index in [0.717, 1.165) is 44.5 Å². The summed E-state index contributed by atoms with van der Waals surface area (Å²) in [5.74, 6) is -1.83. The van der Waals surface area contributed by atoms with Gasteiger partial charge in [-0.2, -0.15) is 0 Å². The zero-order valence-corrected chi connectivity index (χ0v) is 41.5. The molecule has 0 aliphatic carbocycles. The van der Waals surface area contributed by atoms with Gasteiger partial charge in [0.1, 0.15) is 23.9 Å². The van der Waals surface area contributed by atoms with Crippen molar-refractivity contribution < 1.29 is 38.6 Å². The van der Waals surface area contributed by atoms with E-state index in [2.05, 4.69) is 59.6 Å². The van der Waals surface area contributed by atoms with Gasteiger partial charge in [-0.15, -0.1) is 0 Å². The maximum Gasteiger partial charge on any atom is 0.324 e. The lowest BCUT2D eigenvalue weighted by Crippen LogP contribution is -2.62. The third-order valence-corrected chi connectivity index (χ3v) is 14.3. The quantitative estimate of drug-likeness (QED) is 0.123. The van der Waals surface area contributed by atoms with Gasteiger partial charge in [-0.25, -0.2) is 10.2 Å². The number of likely N-dealkylation sites (tertiary alicyclic amines) is 1. The van der Waals surface area contributed by atoms with Crippen LogP contribution in [0.4, 0.5) is 4.79 Å². The third-order valence-electron chi connectivity index (χ3n) is 14.3. The Morgan fingerprint density at radius 2 is 1.81 bits per heavy atom. The Hall–Kier alpha value is -6.04. The fourth-order valence-corrected chi connectivity index (χ4v) is 10.5. The number of nitrogens with zero attached hydrogens (tertiary/aromatic N) is 6. The molecule has 6 heterocycles.